The van der Waals surface area contributed by atoms with Gasteiger partial charge in [-0.3, -0.25) is 4.79 Å². The van der Waals surface area contributed by atoms with E-state index in [1.54, 1.807) is 23.1 Å². The van der Waals surface area contributed by atoms with Crippen LogP contribution in [0.3, 0.4) is 0 Å². The van der Waals surface area contributed by atoms with Crippen LogP contribution < -0.4 is 4.90 Å². The Morgan fingerprint density at radius 3 is 2.18 bits per heavy atom. The molecule has 234 valence electrons. The molecule has 0 radical (unpaired) electrons. The molecule has 0 bridgehead atoms. The minimum absolute atomic E-state index is 0.0196. The van der Waals surface area contributed by atoms with Gasteiger partial charge in [-0.2, -0.15) is 0 Å². The molecule has 0 spiro atoms. The molecule has 0 aromatic heterocycles. The number of anilines is 1. The van der Waals surface area contributed by atoms with E-state index >= 15 is 0 Å². The van der Waals surface area contributed by atoms with Crippen molar-refractivity contribution >= 4 is 11.6 Å². The highest BCUT2D eigenvalue weighted by Crippen LogP contribution is 2.46. The number of benzene rings is 4. The van der Waals surface area contributed by atoms with Crippen molar-refractivity contribution in [3.05, 3.63) is 126 Å². The number of halogens is 1. The number of para-hydroxylation sites is 1. The Hall–Kier alpha value is -3.96. The Morgan fingerprint density at radius 1 is 0.778 bits per heavy atom. The van der Waals surface area contributed by atoms with Crippen LogP contribution >= 0.6 is 0 Å². The lowest BCUT2D eigenvalue weighted by molar-refractivity contribution is -0.231. The van der Waals surface area contributed by atoms with Crippen LogP contribution in [0.4, 0.5) is 10.1 Å². The number of β-lactam (4-membered cyclic amide) rings is 1. The number of aliphatic hydroxyl groups excluding tert-OH is 5. The van der Waals surface area contributed by atoms with Crippen LogP contribution in [0.5, 0.6) is 0 Å². The molecule has 9 heteroatoms. The van der Waals surface area contributed by atoms with Crippen LogP contribution in [-0.2, 0) is 9.53 Å². The van der Waals surface area contributed by atoms with Gasteiger partial charge in [0.15, 0.2) is 0 Å². The average molecular weight is 614 g/mol. The second-order valence-corrected chi connectivity index (χ2v) is 11.7. The van der Waals surface area contributed by atoms with Crippen LogP contribution in [0.1, 0.15) is 47.8 Å². The van der Waals surface area contributed by atoms with E-state index in [-0.39, 0.29) is 23.7 Å². The Bertz CT molecular complexity index is 1600. The summed E-state index contributed by atoms with van der Waals surface area (Å²) in [6, 6.07) is 30.1. The highest BCUT2D eigenvalue weighted by atomic mass is 19.1. The standard InChI is InChI=1S/C36H36FNO7/c37-26-15-13-22(14-16-26)29(40)18-17-28-31(38(36(28)44)27-7-2-1-3-8-27)23-11-9-21(10-12-23)24-5-4-6-25(19-24)35-34(43)33(42)32(41)30(20-39)45-35/h1-16,19,28-35,39-43H,17-18,20H2/t28-,29+,30-,31-,32-,33+,34-,35?/m1/s1. The fourth-order valence-corrected chi connectivity index (χ4v) is 6.42. The predicted octanol–water partition coefficient (Wildman–Crippen LogP) is 4.23. The first-order valence-electron chi connectivity index (χ1n) is 15.1. The molecule has 4 aromatic carbocycles. The van der Waals surface area contributed by atoms with Gasteiger partial charge in [-0.1, -0.05) is 72.8 Å². The summed E-state index contributed by atoms with van der Waals surface area (Å²) in [5, 5.41) is 51.3. The molecule has 5 N–H and O–H groups in total. The summed E-state index contributed by atoms with van der Waals surface area (Å²) < 4.78 is 19.1. The van der Waals surface area contributed by atoms with E-state index < -0.39 is 43.2 Å². The lowest BCUT2D eigenvalue weighted by Gasteiger charge is -2.48. The molecule has 0 aliphatic carbocycles. The molecule has 0 saturated carbocycles. The number of ether oxygens (including phenoxy) is 1. The minimum atomic E-state index is -1.47. The van der Waals surface area contributed by atoms with Gasteiger partial charge in [0, 0.05) is 5.69 Å². The topological polar surface area (TPSA) is 131 Å². The molecule has 2 heterocycles. The number of hydrogen-bond acceptors (Lipinski definition) is 7. The van der Waals surface area contributed by atoms with Crippen LogP contribution in [0, 0.1) is 11.7 Å². The molecule has 8 atom stereocenters. The lowest BCUT2D eigenvalue weighted by Crippen LogP contribution is -2.55. The molecule has 2 saturated heterocycles. The van der Waals surface area contributed by atoms with Crippen molar-refractivity contribution in [1.29, 1.82) is 0 Å². The molecular weight excluding hydrogens is 577 g/mol. The Balaban J connectivity index is 1.23. The van der Waals surface area contributed by atoms with Crippen molar-refractivity contribution in [3.63, 3.8) is 0 Å². The normalized spacial score (nSPS) is 27.2. The van der Waals surface area contributed by atoms with Gasteiger partial charge >= 0.3 is 0 Å². The number of aliphatic hydroxyl groups is 5. The predicted molar refractivity (Wildman–Crippen MR) is 165 cm³/mol. The second kappa shape index (κ2) is 13.2. The summed E-state index contributed by atoms with van der Waals surface area (Å²) in [5.74, 6) is -0.739. The number of carbonyl (C=O) groups is 1. The van der Waals surface area contributed by atoms with Gasteiger partial charge in [0.05, 0.1) is 24.7 Å². The van der Waals surface area contributed by atoms with E-state index in [0.29, 0.717) is 24.0 Å². The first-order chi connectivity index (χ1) is 21.8. The van der Waals surface area contributed by atoms with Crippen molar-refractivity contribution in [3.8, 4) is 11.1 Å². The number of nitrogens with zero attached hydrogens (tertiary/aromatic N) is 1. The van der Waals surface area contributed by atoms with E-state index in [1.165, 1.54) is 12.1 Å². The zero-order chi connectivity index (χ0) is 31.7. The van der Waals surface area contributed by atoms with E-state index in [9.17, 15) is 34.7 Å². The van der Waals surface area contributed by atoms with Gasteiger partial charge < -0.3 is 35.2 Å². The van der Waals surface area contributed by atoms with Crippen LogP contribution in [0.25, 0.3) is 11.1 Å². The van der Waals surface area contributed by atoms with Gasteiger partial charge in [0.1, 0.15) is 36.3 Å². The molecule has 1 unspecified atom stereocenters. The molecule has 2 aliphatic heterocycles. The van der Waals surface area contributed by atoms with Gasteiger partial charge in [-0.15, -0.1) is 0 Å². The maximum absolute atomic E-state index is 13.4. The summed E-state index contributed by atoms with van der Waals surface area (Å²) in [6.45, 7) is -0.502. The molecule has 2 aliphatic rings. The lowest BCUT2D eigenvalue weighted by atomic mass is 9.78. The third-order valence-corrected chi connectivity index (χ3v) is 8.95. The van der Waals surface area contributed by atoms with Crippen LogP contribution in [0.15, 0.2) is 103 Å². The maximum atomic E-state index is 13.4. The number of hydrogen-bond donors (Lipinski definition) is 5. The first kappa shape index (κ1) is 31.0. The molecule has 2 fully saturated rings. The number of amides is 1. The zero-order valence-electron chi connectivity index (χ0n) is 24.4. The maximum Gasteiger partial charge on any atom is 0.233 e. The highest BCUT2D eigenvalue weighted by Gasteiger charge is 2.48. The van der Waals surface area contributed by atoms with Crippen LogP contribution in [0.2, 0.25) is 0 Å². The van der Waals surface area contributed by atoms with E-state index in [1.807, 2.05) is 72.8 Å². The Labute approximate surface area is 260 Å². The van der Waals surface area contributed by atoms with Crippen molar-refractivity contribution < 1.29 is 39.5 Å². The third kappa shape index (κ3) is 6.15. The quantitative estimate of drug-likeness (QED) is 0.179. The molecule has 8 nitrogen and oxygen atoms in total. The number of carbonyl (C=O) groups excluding carboxylic acids is 1. The summed E-state index contributed by atoms with van der Waals surface area (Å²) in [4.78, 5) is 15.2. The van der Waals surface area contributed by atoms with E-state index in [4.69, 9.17) is 4.74 Å². The number of rotatable bonds is 9. The Morgan fingerprint density at radius 2 is 1.49 bits per heavy atom. The fraction of sp³-hybridized carbons (Fsp3) is 0.306. The summed E-state index contributed by atoms with van der Waals surface area (Å²) in [6.07, 6.45) is -6.22. The summed E-state index contributed by atoms with van der Waals surface area (Å²) in [5.41, 5.74) is 4.64. The third-order valence-electron chi connectivity index (χ3n) is 8.95. The average Bonchev–Trinajstić information content (AvgIpc) is 3.07. The smallest absolute Gasteiger partial charge is 0.233 e. The molecule has 45 heavy (non-hydrogen) atoms. The SMILES string of the molecule is O=C1[C@H](CC[C@H](O)c2ccc(F)cc2)[C@@H](c2ccc(-c3cccc(C4O[C@H](CO)[C@@H](O)[C@H](O)[C@H]4O)c3)cc2)N1c1ccccc1. The molecule has 1 amide bonds. The van der Waals surface area contributed by atoms with Gasteiger partial charge in [-0.25, -0.2) is 4.39 Å². The molecular formula is C36H36FNO7. The highest BCUT2D eigenvalue weighted by molar-refractivity contribution is 6.03. The van der Waals surface area contributed by atoms with Gasteiger partial charge in [-0.05, 0) is 71.0 Å². The van der Waals surface area contributed by atoms with Gasteiger partial charge in [0.2, 0.25) is 5.91 Å². The largest absolute Gasteiger partial charge is 0.394 e. The Kier molecular flexibility index (Phi) is 9.09. The second-order valence-electron chi connectivity index (χ2n) is 11.7. The van der Waals surface area contributed by atoms with Crippen molar-refractivity contribution in [1.82, 2.24) is 0 Å². The van der Waals surface area contributed by atoms with E-state index in [2.05, 4.69) is 0 Å². The zero-order valence-corrected chi connectivity index (χ0v) is 24.4. The molecule has 6 rings (SSSR count). The van der Waals surface area contributed by atoms with Gasteiger partial charge in [0.25, 0.3) is 0 Å². The minimum Gasteiger partial charge on any atom is -0.394 e. The van der Waals surface area contributed by atoms with Crippen molar-refractivity contribution in [2.45, 2.75) is 55.5 Å². The van der Waals surface area contributed by atoms with Crippen molar-refractivity contribution in [2.24, 2.45) is 5.92 Å². The fourth-order valence-electron chi connectivity index (χ4n) is 6.42. The van der Waals surface area contributed by atoms with Crippen LogP contribution in [-0.4, -0.2) is 62.5 Å². The monoisotopic (exact) mass is 613 g/mol. The molecule has 4 aromatic rings. The van der Waals surface area contributed by atoms with E-state index in [0.717, 1.165) is 22.4 Å². The summed E-state index contributed by atoms with van der Waals surface area (Å²) >= 11 is 0. The summed E-state index contributed by atoms with van der Waals surface area (Å²) in [7, 11) is 0. The van der Waals surface area contributed by atoms with Crippen molar-refractivity contribution in [2.75, 3.05) is 11.5 Å². The first-order valence-corrected chi connectivity index (χ1v) is 15.1.